The molecule has 0 bridgehead atoms. The minimum Gasteiger partial charge on any atom is -0.373 e. The van der Waals surface area contributed by atoms with E-state index >= 15 is 0 Å². The van der Waals surface area contributed by atoms with Gasteiger partial charge in [0.2, 0.25) is 5.91 Å². The van der Waals surface area contributed by atoms with E-state index in [0.29, 0.717) is 5.13 Å². The Morgan fingerprint density at radius 2 is 2.12 bits per heavy atom. The summed E-state index contributed by atoms with van der Waals surface area (Å²) in [5.74, 6) is 1.68. The van der Waals surface area contributed by atoms with E-state index in [-0.39, 0.29) is 49.0 Å². The summed E-state index contributed by atoms with van der Waals surface area (Å²) in [5.41, 5.74) is 1.01. The van der Waals surface area contributed by atoms with Crippen molar-refractivity contribution in [1.29, 1.82) is 0 Å². The summed E-state index contributed by atoms with van der Waals surface area (Å²) in [6, 6.07) is -0.0988. The number of carbonyl (C=O) groups excluding carboxylic acids is 1. The Morgan fingerprint density at radius 1 is 1.42 bits per heavy atom. The average molecular weight is 415 g/mol. The fraction of sp³-hybridized carbons (Fsp3) is 0.714. The van der Waals surface area contributed by atoms with Gasteiger partial charge >= 0.3 is 0 Å². The van der Waals surface area contributed by atoms with E-state index < -0.39 is 0 Å². The molecule has 0 saturated carbocycles. The van der Waals surface area contributed by atoms with E-state index in [0.717, 1.165) is 37.0 Å². The van der Waals surface area contributed by atoms with Crippen molar-refractivity contribution in [3.05, 3.63) is 11.1 Å². The van der Waals surface area contributed by atoms with Gasteiger partial charge in [0, 0.05) is 36.6 Å². The highest BCUT2D eigenvalue weighted by Gasteiger charge is 2.24. The summed E-state index contributed by atoms with van der Waals surface area (Å²) in [5, 5.41) is 8.79. The quantitative estimate of drug-likeness (QED) is 0.786. The Kier molecular flexibility index (Phi) is 9.29. The van der Waals surface area contributed by atoms with E-state index in [1.165, 1.54) is 11.3 Å². The first-order valence-electron chi connectivity index (χ1n) is 7.54. The summed E-state index contributed by atoms with van der Waals surface area (Å²) < 4.78 is 5.74. The highest BCUT2D eigenvalue weighted by molar-refractivity contribution is 7.99. The summed E-state index contributed by atoms with van der Waals surface area (Å²) in [6.45, 7) is 6.85. The molecule has 0 radical (unpaired) electrons. The first-order chi connectivity index (χ1) is 10.6. The Balaban J connectivity index is 0.00000144. The third kappa shape index (κ3) is 6.01. The van der Waals surface area contributed by atoms with Crippen LogP contribution in [0.4, 0.5) is 5.13 Å². The Morgan fingerprint density at radius 3 is 2.75 bits per heavy atom. The molecule has 2 aliphatic rings. The number of anilines is 1. The first-order valence-corrected chi connectivity index (χ1v) is 9.58. The zero-order valence-electron chi connectivity index (χ0n) is 13.7. The molecular formula is C14H24Cl2N4O2S2. The van der Waals surface area contributed by atoms with Gasteiger partial charge in [-0.15, -0.1) is 47.9 Å². The lowest BCUT2D eigenvalue weighted by Crippen LogP contribution is -2.44. The normalized spacial score (nSPS) is 27.2. The molecule has 1 amide bonds. The molecule has 0 aromatic carbocycles. The molecule has 2 aliphatic heterocycles. The maximum atomic E-state index is 12.1. The van der Waals surface area contributed by atoms with Gasteiger partial charge in [0.1, 0.15) is 0 Å². The monoisotopic (exact) mass is 414 g/mol. The van der Waals surface area contributed by atoms with Crippen LogP contribution in [-0.2, 0) is 16.1 Å². The highest BCUT2D eigenvalue weighted by Crippen LogP contribution is 2.20. The van der Waals surface area contributed by atoms with Crippen molar-refractivity contribution in [2.45, 2.75) is 38.6 Å². The molecule has 3 atom stereocenters. The number of rotatable bonds is 4. The summed E-state index contributed by atoms with van der Waals surface area (Å²) >= 11 is 3.23. The van der Waals surface area contributed by atoms with Crippen LogP contribution in [0.5, 0.6) is 0 Å². The molecule has 2 saturated heterocycles. The second-order valence-electron chi connectivity index (χ2n) is 5.86. The largest absolute Gasteiger partial charge is 0.373 e. The van der Waals surface area contributed by atoms with Gasteiger partial charge in [0.15, 0.2) is 5.13 Å². The first kappa shape index (κ1) is 22.0. The number of thioether (sulfide) groups is 1. The number of nitrogens with zero attached hydrogens (tertiary/aromatic N) is 2. The van der Waals surface area contributed by atoms with E-state index in [4.69, 9.17) is 4.74 Å². The fourth-order valence-electron chi connectivity index (χ4n) is 2.84. The lowest BCUT2D eigenvalue weighted by atomic mass is 10.2. The molecule has 3 unspecified atom stereocenters. The van der Waals surface area contributed by atoms with Gasteiger partial charge in [-0.25, -0.2) is 4.98 Å². The minimum absolute atomic E-state index is 0. The van der Waals surface area contributed by atoms with Crippen molar-refractivity contribution in [1.82, 2.24) is 15.2 Å². The predicted molar refractivity (Wildman–Crippen MR) is 105 cm³/mol. The third-order valence-corrected chi connectivity index (χ3v) is 5.44. The molecule has 2 N–H and O–H groups in total. The zero-order chi connectivity index (χ0) is 15.5. The van der Waals surface area contributed by atoms with Gasteiger partial charge in [-0.2, -0.15) is 0 Å². The topological polar surface area (TPSA) is 66.5 Å². The van der Waals surface area contributed by atoms with Gasteiger partial charge < -0.3 is 10.1 Å². The standard InChI is InChI=1S/C14H22N4O2S2.2ClH/c1-9-3-18(4-10(2)20-9)5-11-6-22-14(16-11)17-13(19)12-7-21-8-15-12;;/h6,9-10,12,15H,3-5,7-8H2,1-2H3,(H,16,17,19);2*1H. The van der Waals surface area contributed by atoms with Gasteiger partial charge in [0.05, 0.1) is 23.9 Å². The third-order valence-electron chi connectivity index (χ3n) is 3.70. The maximum absolute atomic E-state index is 12.1. The molecule has 10 heteroatoms. The van der Waals surface area contributed by atoms with Gasteiger partial charge in [-0.1, -0.05) is 0 Å². The fourth-order valence-corrected chi connectivity index (χ4v) is 4.48. The number of thiazole rings is 1. The van der Waals surface area contributed by atoms with Gasteiger partial charge in [0.25, 0.3) is 0 Å². The molecule has 2 fully saturated rings. The van der Waals surface area contributed by atoms with Crippen molar-refractivity contribution < 1.29 is 9.53 Å². The summed E-state index contributed by atoms with van der Waals surface area (Å²) in [7, 11) is 0. The minimum atomic E-state index is -0.0988. The lowest BCUT2D eigenvalue weighted by Gasteiger charge is -2.34. The molecule has 24 heavy (non-hydrogen) atoms. The van der Waals surface area contributed by atoms with E-state index in [1.807, 2.05) is 5.38 Å². The van der Waals surface area contributed by atoms with Gasteiger partial charge in [-0.05, 0) is 13.8 Å². The molecule has 0 spiro atoms. The SMILES string of the molecule is CC1CN(Cc2csc(NC(=O)C3CSCN3)n2)CC(C)O1.Cl.Cl. The van der Waals surface area contributed by atoms with Crippen LogP contribution >= 0.6 is 47.9 Å². The average Bonchev–Trinajstić information content (AvgIpc) is 3.09. The van der Waals surface area contributed by atoms with E-state index in [9.17, 15) is 4.79 Å². The number of aromatic nitrogens is 1. The number of halogens is 2. The molecule has 6 nitrogen and oxygen atoms in total. The van der Waals surface area contributed by atoms with Crippen LogP contribution in [-0.4, -0.2) is 58.8 Å². The van der Waals surface area contributed by atoms with Crippen molar-refractivity contribution in [3.8, 4) is 0 Å². The second-order valence-corrected chi connectivity index (χ2v) is 7.74. The number of hydrogen-bond acceptors (Lipinski definition) is 7. The maximum Gasteiger partial charge on any atom is 0.244 e. The molecule has 0 aliphatic carbocycles. The molecule has 3 heterocycles. The van der Waals surface area contributed by atoms with E-state index in [2.05, 4.69) is 34.4 Å². The molecule has 3 rings (SSSR count). The van der Waals surface area contributed by atoms with Crippen LogP contribution in [0.3, 0.4) is 0 Å². The Hall–Kier alpha value is -0.0900. The van der Waals surface area contributed by atoms with Crippen molar-refractivity contribution in [2.75, 3.05) is 30.0 Å². The van der Waals surface area contributed by atoms with Crippen molar-refractivity contribution >= 4 is 59.0 Å². The number of amides is 1. The predicted octanol–water partition coefficient (Wildman–Crippen LogP) is 2.20. The highest BCUT2D eigenvalue weighted by atomic mass is 35.5. The molecule has 1 aromatic heterocycles. The number of carbonyl (C=O) groups is 1. The smallest absolute Gasteiger partial charge is 0.244 e. The summed E-state index contributed by atoms with van der Waals surface area (Å²) in [4.78, 5) is 18.9. The van der Waals surface area contributed by atoms with Crippen molar-refractivity contribution in [2.24, 2.45) is 0 Å². The molecular weight excluding hydrogens is 391 g/mol. The molecule has 1 aromatic rings. The lowest BCUT2D eigenvalue weighted by molar-refractivity contribution is -0.117. The van der Waals surface area contributed by atoms with Crippen LogP contribution in [0, 0.1) is 0 Å². The number of morpholine rings is 1. The van der Waals surface area contributed by atoms with Crippen LogP contribution in [0.1, 0.15) is 19.5 Å². The van der Waals surface area contributed by atoms with Crippen LogP contribution in [0.25, 0.3) is 0 Å². The number of hydrogen-bond donors (Lipinski definition) is 2. The van der Waals surface area contributed by atoms with Crippen LogP contribution < -0.4 is 10.6 Å². The Labute approximate surface area is 163 Å². The number of nitrogens with one attached hydrogen (secondary N) is 2. The number of ether oxygens (including phenoxy) is 1. The molecule has 138 valence electrons. The van der Waals surface area contributed by atoms with E-state index in [1.54, 1.807) is 11.8 Å². The zero-order valence-corrected chi connectivity index (χ0v) is 17.0. The Bertz CT molecular complexity index is 519. The van der Waals surface area contributed by atoms with Gasteiger partial charge in [-0.3, -0.25) is 15.0 Å². The second kappa shape index (κ2) is 10.2. The van der Waals surface area contributed by atoms with Crippen LogP contribution in [0.2, 0.25) is 0 Å². The summed E-state index contributed by atoms with van der Waals surface area (Å²) in [6.07, 6.45) is 0.514. The van der Waals surface area contributed by atoms with Crippen LogP contribution in [0.15, 0.2) is 5.38 Å². The van der Waals surface area contributed by atoms with Crippen molar-refractivity contribution in [3.63, 3.8) is 0 Å².